The number of nitrogens with one attached hydrogen (secondary N) is 1. The molecule has 0 heterocycles. The van der Waals surface area contributed by atoms with E-state index >= 15 is 0 Å². The van der Waals surface area contributed by atoms with Gasteiger partial charge in [-0.25, -0.2) is 4.79 Å². The Balaban J connectivity index is 2.68. The molecule has 0 bridgehead atoms. The molecule has 1 unspecified atom stereocenters. The molecule has 1 aromatic carbocycles. The molecule has 0 fully saturated rings. The smallest absolute Gasteiger partial charge is 0.337 e. The van der Waals surface area contributed by atoms with Crippen LogP contribution in [0.4, 0.5) is 5.69 Å². The zero-order valence-electron chi connectivity index (χ0n) is 11.5. The number of carbonyl (C=O) groups is 1. The van der Waals surface area contributed by atoms with E-state index in [0.29, 0.717) is 11.6 Å². The summed E-state index contributed by atoms with van der Waals surface area (Å²) < 4.78 is 0. The van der Waals surface area contributed by atoms with E-state index in [1.54, 1.807) is 6.07 Å². The molecule has 0 saturated carbocycles. The molecule has 0 spiro atoms. The molecule has 0 aromatic heterocycles. The topological polar surface area (TPSA) is 49.3 Å². The molecule has 2 N–H and O–H groups in total. The molecule has 18 heavy (non-hydrogen) atoms. The van der Waals surface area contributed by atoms with Gasteiger partial charge in [0.25, 0.3) is 0 Å². The van der Waals surface area contributed by atoms with Gasteiger partial charge < -0.3 is 10.4 Å². The third kappa shape index (κ3) is 4.40. The first-order chi connectivity index (χ1) is 8.54. The van der Waals surface area contributed by atoms with Crippen molar-refractivity contribution >= 4 is 11.7 Å². The van der Waals surface area contributed by atoms with Gasteiger partial charge in [0, 0.05) is 11.7 Å². The maximum absolute atomic E-state index is 11.2. The number of carboxylic acid groups (broad SMARTS) is 1. The average molecular weight is 249 g/mol. The molecule has 0 radical (unpaired) electrons. The number of unbranched alkanes of at least 4 members (excludes halogenated alkanes) is 2. The third-order valence-electron chi connectivity index (χ3n) is 3.05. The van der Waals surface area contributed by atoms with Gasteiger partial charge in [-0.3, -0.25) is 0 Å². The number of rotatable bonds is 7. The average Bonchev–Trinajstić information content (AvgIpc) is 2.31. The Bertz CT molecular complexity index is 401. The second-order valence-electron chi connectivity index (χ2n) is 4.90. The van der Waals surface area contributed by atoms with Gasteiger partial charge >= 0.3 is 5.97 Å². The highest BCUT2D eigenvalue weighted by Gasteiger charge is 2.11. The summed E-state index contributed by atoms with van der Waals surface area (Å²) in [5.74, 6) is -0.873. The number of anilines is 1. The van der Waals surface area contributed by atoms with E-state index in [2.05, 4.69) is 19.2 Å². The highest BCUT2D eigenvalue weighted by molar-refractivity contribution is 5.94. The van der Waals surface area contributed by atoms with Gasteiger partial charge in [-0.2, -0.15) is 0 Å². The molecular weight excluding hydrogens is 226 g/mol. The number of benzene rings is 1. The summed E-state index contributed by atoms with van der Waals surface area (Å²) in [4.78, 5) is 11.2. The summed E-state index contributed by atoms with van der Waals surface area (Å²) in [6, 6.07) is 5.81. The van der Waals surface area contributed by atoms with Crippen LogP contribution in [0.5, 0.6) is 0 Å². The van der Waals surface area contributed by atoms with Crippen molar-refractivity contribution in [3.05, 3.63) is 29.3 Å². The summed E-state index contributed by atoms with van der Waals surface area (Å²) in [7, 11) is 0. The van der Waals surface area contributed by atoms with Crippen LogP contribution in [0.1, 0.15) is 55.5 Å². The number of carboxylic acids is 1. The van der Waals surface area contributed by atoms with Gasteiger partial charge in [0.2, 0.25) is 0 Å². The van der Waals surface area contributed by atoms with E-state index in [1.165, 1.54) is 19.3 Å². The molecule has 1 rings (SSSR count). The Kier molecular flexibility index (Phi) is 5.69. The monoisotopic (exact) mass is 249 g/mol. The van der Waals surface area contributed by atoms with Crippen LogP contribution in [0.25, 0.3) is 0 Å². The maximum atomic E-state index is 11.2. The lowest BCUT2D eigenvalue weighted by molar-refractivity contribution is 0.0698. The molecule has 1 aromatic rings. The maximum Gasteiger partial charge on any atom is 0.337 e. The van der Waals surface area contributed by atoms with Crippen molar-refractivity contribution in [2.75, 3.05) is 5.32 Å². The summed E-state index contributed by atoms with van der Waals surface area (Å²) in [6.45, 7) is 6.18. The standard InChI is InChI=1S/C15H23NO2/c1-4-5-6-7-12(3)16-14-9-8-11(2)10-13(14)15(17)18/h8-10,12,16H,4-7H2,1-3H3,(H,17,18). The van der Waals surface area contributed by atoms with Gasteiger partial charge in [0.15, 0.2) is 0 Å². The highest BCUT2D eigenvalue weighted by Crippen LogP contribution is 2.19. The van der Waals surface area contributed by atoms with E-state index < -0.39 is 5.97 Å². The zero-order valence-corrected chi connectivity index (χ0v) is 11.5. The molecule has 0 aliphatic carbocycles. The number of hydrogen-bond acceptors (Lipinski definition) is 2. The normalized spacial score (nSPS) is 12.2. The Morgan fingerprint density at radius 2 is 2.11 bits per heavy atom. The SMILES string of the molecule is CCCCCC(C)Nc1ccc(C)cc1C(=O)O. The lowest BCUT2D eigenvalue weighted by atomic mass is 10.1. The van der Waals surface area contributed by atoms with Gasteiger partial charge in [-0.05, 0) is 32.4 Å². The fourth-order valence-corrected chi connectivity index (χ4v) is 2.00. The largest absolute Gasteiger partial charge is 0.478 e. The van der Waals surface area contributed by atoms with Crippen molar-refractivity contribution in [2.45, 2.75) is 52.5 Å². The first-order valence-electron chi connectivity index (χ1n) is 6.65. The minimum absolute atomic E-state index is 0.303. The fourth-order valence-electron chi connectivity index (χ4n) is 2.00. The zero-order chi connectivity index (χ0) is 13.5. The van der Waals surface area contributed by atoms with Crippen LogP contribution >= 0.6 is 0 Å². The minimum atomic E-state index is -0.873. The van der Waals surface area contributed by atoms with Crippen molar-refractivity contribution in [3.63, 3.8) is 0 Å². The van der Waals surface area contributed by atoms with Crippen LogP contribution in [0.2, 0.25) is 0 Å². The van der Waals surface area contributed by atoms with Crippen LogP contribution in [-0.4, -0.2) is 17.1 Å². The lowest BCUT2D eigenvalue weighted by Crippen LogP contribution is -2.17. The van der Waals surface area contributed by atoms with E-state index in [-0.39, 0.29) is 0 Å². The van der Waals surface area contributed by atoms with Crippen LogP contribution in [0.3, 0.4) is 0 Å². The number of aryl methyl sites for hydroxylation is 1. The first-order valence-corrected chi connectivity index (χ1v) is 6.65. The summed E-state index contributed by atoms with van der Waals surface area (Å²) in [5.41, 5.74) is 2.05. The number of hydrogen-bond donors (Lipinski definition) is 2. The predicted molar refractivity (Wildman–Crippen MR) is 75.4 cm³/mol. The fraction of sp³-hybridized carbons (Fsp3) is 0.533. The quantitative estimate of drug-likeness (QED) is 0.716. The second kappa shape index (κ2) is 7.04. The van der Waals surface area contributed by atoms with E-state index in [1.807, 2.05) is 19.1 Å². The molecule has 0 saturated heterocycles. The van der Waals surface area contributed by atoms with E-state index in [0.717, 1.165) is 17.7 Å². The van der Waals surface area contributed by atoms with Crippen LogP contribution in [0.15, 0.2) is 18.2 Å². The van der Waals surface area contributed by atoms with Crippen LogP contribution in [0, 0.1) is 6.92 Å². The van der Waals surface area contributed by atoms with Crippen LogP contribution < -0.4 is 5.32 Å². The van der Waals surface area contributed by atoms with Crippen molar-refractivity contribution < 1.29 is 9.90 Å². The predicted octanol–water partition coefficient (Wildman–Crippen LogP) is 4.07. The minimum Gasteiger partial charge on any atom is -0.478 e. The second-order valence-corrected chi connectivity index (χ2v) is 4.90. The molecule has 0 aliphatic heterocycles. The van der Waals surface area contributed by atoms with E-state index in [9.17, 15) is 9.90 Å². The highest BCUT2D eigenvalue weighted by atomic mass is 16.4. The Morgan fingerprint density at radius 3 is 2.72 bits per heavy atom. The molecule has 0 aliphatic rings. The van der Waals surface area contributed by atoms with Crippen molar-refractivity contribution in [2.24, 2.45) is 0 Å². The Morgan fingerprint density at radius 1 is 1.39 bits per heavy atom. The molecule has 0 amide bonds. The van der Waals surface area contributed by atoms with Crippen molar-refractivity contribution in [3.8, 4) is 0 Å². The summed E-state index contributed by atoms with van der Waals surface area (Å²) in [5, 5.41) is 12.5. The third-order valence-corrected chi connectivity index (χ3v) is 3.05. The molecular formula is C15H23NO2. The lowest BCUT2D eigenvalue weighted by Gasteiger charge is -2.17. The molecule has 100 valence electrons. The first kappa shape index (κ1) is 14.6. The molecule has 3 nitrogen and oxygen atoms in total. The van der Waals surface area contributed by atoms with Gasteiger partial charge in [-0.1, -0.05) is 37.8 Å². The Labute approximate surface area is 109 Å². The molecule has 3 heteroatoms. The summed E-state index contributed by atoms with van der Waals surface area (Å²) in [6.07, 6.45) is 4.68. The van der Waals surface area contributed by atoms with Gasteiger partial charge in [0.05, 0.1) is 5.56 Å². The van der Waals surface area contributed by atoms with Gasteiger partial charge in [0.1, 0.15) is 0 Å². The van der Waals surface area contributed by atoms with Gasteiger partial charge in [-0.15, -0.1) is 0 Å². The Hall–Kier alpha value is -1.51. The van der Waals surface area contributed by atoms with E-state index in [4.69, 9.17) is 0 Å². The summed E-state index contributed by atoms with van der Waals surface area (Å²) >= 11 is 0. The van der Waals surface area contributed by atoms with Crippen LogP contribution in [-0.2, 0) is 0 Å². The number of aromatic carboxylic acids is 1. The van der Waals surface area contributed by atoms with Crippen molar-refractivity contribution in [1.29, 1.82) is 0 Å². The van der Waals surface area contributed by atoms with Crippen molar-refractivity contribution in [1.82, 2.24) is 0 Å². The molecule has 1 atom stereocenters.